The zero-order valence-electron chi connectivity index (χ0n) is 5.00. The van der Waals surface area contributed by atoms with Gasteiger partial charge in [0.1, 0.15) is 0 Å². The Balaban J connectivity index is 0. The normalized spacial score (nSPS) is 10.2. The maximum absolute atomic E-state index is 5.15. The van der Waals surface area contributed by atoms with E-state index in [0.717, 1.165) is 0 Å². The summed E-state index contributed by atoms with van der Waals surface area (Å²) < 4.78 is 0. The first-order valence-corrected chi connectivity index (χ1v) is 2.39. The molecule has 0 aliphatic carbocycles. The molecule has 0 rings (SSSR count). The van der Waals surface area contributed by atoms with Gasteiger partial charge >= 0.3 is 0 Å². The zero-order chi connectivity index (χ0) is 5.54. The average molecular weight is 134 g/mol. The fourth-order valence-electron chi connectivity index (χ4n) is 0.268. The Kier molecular flexibility index (Phi) is 13.2. The van der Waals surface area contributed by atoms with Crippen LogP contribution in [0.1, 0.15) is 6.92 Å². The minimum Gasteiger partial charge on any atom is -0.327 e. The summed E-state index contributed by atoms with van der Waals surface area (Å²) in [5.74, 6) is 0. The minimum atomic E-state index is 0. The fourth-order valence-corrected chi connectivity index (χ4v) is 0.268. The molecule has 0 aromatic carbocycles. The molecule has 0 aliphatic rings. The van der Waals surface area contributed by atoms with Crippen molar-refractivity contribution in [3.63, 3.8) is 0 Å². The van der Waals surface area contributed by atoms with Crippen LogP contribution < -0.4 is 5.73 Å². The highest BCUT2D eigenvalue weighted by Gasteiger charge is 1.57. The van der Waals surface area contributed by atoms with Crippen LogP contribution in [0.3, 0.4) is 0 Å². The number of halogens is 1. The Labute approximate surface area is 56.7 Å². The first-order valence-electron chi connectivity index (χ1n) is 2.39. The largest absolute Gasteiger partial charge is 0.327 e. The molecule has 0 fully saturated rings. The maximum Gasteiger partial charge on any atom is 0.0109 e. The van der Waals surface area contributed by atoms with Gasteiger partial charge in [-0.2, -0.15) is 0 Å². The van der Waals surface area contributed by atoms with Gasteiger partial charge in [0.2, 0.25) is 0 Å². The van der Waals surface area contributed by atoms with Crippen molar-refractivity contribution in [2.45, 2.75) is 6.92 Å². The van der Waals surface area contributed by atoms with E-state index in [2.05, 4.69) is 0 Å². The van der Waals surface area contributed by atoms with E-state index in [1.807, 2.05) is 31.2 Å². The summed E-state index contributed by atoms with van der Waals surface area (Å²) in [6, 6.07) is 0. The summed E-state index contributed by atoms with van der Waals surface area (Å²) in [7, 11) is 0. The van der Waals surface area contributed by atoms with Gasteiger partial charge in [-0.3, -0.25) is 0 Å². The van der Waals surface area contributed by atoms with E-state index in [4.69, 9.17) is 5.73 Å². The Bertz CT molecular complexity index is 76.6. The van der Waals surface area contributed by atoms with Gasteiger partial charge in [-0.1, -0.05) is 24.3 Å². The second-order valence-corrected chi connectivity index (χ2v) is 1.19. The molecular formula is C6H12ClN. The molecule has 0 bridgehead atoms. The van der Waals surface area contributed by atoms with E-state index in [1.54, 1.807) is 0 Å². The van der Waals surface area contributed by atoms with Crippen LogP contribution in [0, 0.1) is 0 Å². The summed E-state index contributed by atoms with van der Waals surface area (Å²) in [5.41, 5.74) is 5.15. The molecule has 48 valence electrons. The molecule has 8 heavy (non-hydrogen) atoms. The summed E-state index contributed by atoms with van der Waals surface area (Å²) in [6.45, 7) is 2.60. The van der Waals surface area contributed by atoms with Crippen molar-refractivity contribution in [1.82, 2.24) is 0 Å². The van der Waals surface area contributed by atoms with E-state index in [0.29, 0.717) is 6.54 Å². The van der Waals surface area contributed by atoms with Crippen molar-refractivity contribution in [3.05, 3.63) is 24.3 Å². The van der Waals surface area contributed by atoms with Gasteiger partial charge in [0, 0.05) is 6.54 Å². The van der Waals surface area contributed by atoms with Gasteiger partial charge in [0.15, 0.2) is 0 Å². The Hall–Kier alpha value is -0.270. The molecule has 1 nitrogen and oxygen atoms in total. The zero-order valence-corrected chi connectivity index (χ0v) is 5.82. The van der Waals surface area contributed by atoms with Gasteiger partial charge < -0.3 is 5.73 Å². The predicted octanol–water partition coefficient (Wildman–Crippen LogP) is 1.50. The Morgan fingerprint density at radius 1 is 1.38 bits per heavy atom. The molecule has 0 heterocycles. The average Bonchev–Trinajstić information content (AvgIpc) is 1.69. The summed E-state index contributed by atoms with van der Waals surface area (Å²) in [6.07, 6.45) is 7.75. The van der Waals surface area contributed by atoms with Crippen LogP contribution in [0.4, 0.5) is 0 Å². The Morgan fingerprint density at radius 3 is 2.38 bits per heavy atom. The molecule has 2 heteroatoms. The lowest BCUT2D eigenvalue weighted by atomic mass is 10.4. The van der Waals surface area contributed by atoms with Crippen LogP contribution in [-0.4, -0.2) is 6.54 Å². The summed E-state index contributed by atoms with van der Waals surface area (Å²) >= 11 is 0. The number of nitrogens with two attached hydrogens (primary N) is 1. The topological polar surface area (TPSA) is 26.0 Å². The monoisotopic (exact) mass is 133 g/mol. The number of rotatable bonds is 2. The maximum atomic E-state index is 5.15. The molecule has 0 spiro atoms. The van der Waals surface area contributed by atoms with Crippen LogP contribution >= 0.6 is 12.4 Å². The van der Waals surface area contributed by atoms with Crippen LogP contribution in [0.15, 0.2) is 24.3 Å². The molecule has 0 amide bonds. The van der Waals surface area contributed by atoms with Crippen molar-refractivity contribution in [2.24, 2.45) is 5.73 Å². The smallest absolute Gasteiger partial charge is 0.0109 e. The van der Waals surface area contributed by atoms with Gasteiger partial charge in [0.05, 0.1) is 0 Å². The van der Waals surface area contributed by atoms with Crippen molar-refractivity contribution in [1.29, 1.82) is 0 Å². The van der Waals surface area contributed by atoms with E-state index in [-0.39, 0.29) is 12.4 Å². The minimum absolute atomic E-state index is 0. The molecule has 0 atom stereocenters. The van der Waals surface area contributed by atoms with Crippen LogP contribution in [0.5, 0.6) is 0 Å². The van der Waals surface area contributed by atoms with E-state index < -0.39 is 0 Å². The predicted molar refractivity (Wildman–Crippen MR) is 40.3 cm³/mol. The highest BCUT2D eigenvalue weighted by Crippen LogP contribution is 1.71. The number of hydrogen-bond donors (Lipinski definition) is 1. The van der Waals surface area contributed by atoms with Crippen molar-refractivity contribution in [3.8, 4) is 0 Å². The number of hydrogen-bond acceptors (Lipinski definition) is 1. The first-order chi connectivity index (χ1) is 3.41. The second-order valence-electron chi connectivity index (χ2n) is 1.19. The molecule has 2 N–H and O–H groups in total. The SMILES string of the molecule is C/C=C/C=C/CN.Cl. The van der Waals surface area contributed by atoms with Crippen molar-refractivity contribution < 1.29 is 0 Å². The van der Waals surface area contributed by atoms with Gasteiger partial charge in [0.25, 0.3) is 0 Å². The lowest BCUT2D eigenvalue weighted by Gasteiger charge is -1.71. The summed E-state index contributed by atoms with van der Waals surface area (Å²) in [5, 5.41) is 0. The highest BCUT2D eigenvalue weighted by atomic mass is 35.5. The highest BCUT2D eigenvalue weighted by molar-refractivity contribution is 5.85. The lowest BCUT2D eigenvalue weighted by molar-refractivity contribution is 1.25. The van der Waals surface area contributed by atoms with Crippen LogP contribution in [0.2, 0.25) is 0 Å². The first kappa shape index (κ1) is 10.7. The van der Waals surface area contributed by atoms with Gasteiger partial charge in [-0.15, -0.1) is 12.4 Å². The van der Waals surface area contributed by atoms with E-state index in [1.165, 1.54) is 0 Å². The van der Waals surface area contributed by atoms with Crippen molar-refractivity contribution >= 4 is 12.4 Å². The molecule has 0 unspecified atom stereocenters. The summed E-state index contributed by atoms with van der Waals surface area (Å²) in [4.78, 5) is 0. The second kappa shape index (κ2) is 9.88. The molecule has 0 saturated carbocycles. The quantitative estimate of drug-likeness (QED) is 0.568. The van der Waals surface area contributed by atoms with Crippen LogP contribution in [-0.2, 0) is 0 Å². The van der Waals surface area contributed by atoms with E-state index in [9.17, 15) is 0 Å². The third-order valence-corrected chi connectivity index (χ3v) is 0.576. The fraction of sp³-hybridized carbons (Fsp3) is 0.333. The standard InChI is InChI=1S/C6H11N.ClH/c1-2-3-4-5-6-7;/h2-5H,6-7H2,1H3;1H/b3-2+,5-4+;. The number of allylic oxidation sites excluding steroid dienone is 3. The third-order valence-electron chi connectivity index (χ3n) is 0.576. The molecule has 0 saturated heterocycles. The van der Waals surface area contributed by atoms with E-state index >= 15 is 0 Å². The lowest BCUT2D eigenvalue weighted by Crippen LogP contribution is -1.91. The molecule has 0 aliphatic heterocycles. The van der Waals surface area contributed by atoms with Crippen molar-refractivity contribution in [2.75, 3.05) is 6.54 Å². The Morgan fingerprint density at radius 2 is 2.00 bits per heavy atom. The molecule has 0 radical (unpaired) electrons. The molecule has 0 aromatic rings. The third kappa shape index (κ3) is 9.21. The van der Waals surface area contributed by atoms with Crippen LogP contribution in [0.25, 0.3) is 0 Å². The van der Waals surface area contributed by atoms with Gasteiger partial charge in [-0.25, -0.2) is 0 Å². The molecule has 0 aromatic heterocycles. The van der Waals surface area contributed by atoms with Gasteiger partial charge in [-0.05, 0) is 6.92 Å². The molecular weight excluding hydrogens is 122 g/mol.